The van der Waals surface area contributed by atoms with E-state index in [1.165, 1.54) is 4.68 Å². The highest BCUT2D eigenvalue weighted by atomic mass is 15.2. The highest BCUT2D eigenvalue weighted by Crippen LogP contribution is 2.25. The van der Waals surface area contributed by atoms with Crippen LogP contribution in [0.5, 0.6) is 0 Å². The van der Waals surface area contributed by atoms with E-state index in [1.54, 1.807) is 31.3 Å². The molecule has 1 aromatic heterocycles. The molecule has 1 aromatic carbocycles. The van der Waals surface area contributed by atoms with Gasteiger partial charge in [-0.2, -0.15) is 15.6 Å². The number of hydrogen-bond donors (Lipinski definition) is 0. The molecule has 16 heavy (non-hydrogen) atoms. The van der Waals surface area contributed by atoms with Gasteiger partial charge in [-0.25, -0.2) is 0 Å². The van der Waals surface area contributed by atoms with Gasteiger partial charge in [0.15, 0.2) is 0 Å². The van der Waals surface area contributed by atoms with Crippen molar-refractivity contribution in [3.8, 4) is 23.4 Å². The summed E-state index contributed by atoms with van der Waals surface area (Å²) >= 11 is 0. The minimum absolute atomic E-state index is 0.450. The topological polar surface area (TPSA) is 65.4 Å². The molecule has 2 rings (SSSR count). The van der Waals surface area contributed by atoms with Gasteiger partial charge < -0.3 is 0 Å². The molecule has 0 unspecified atom stereocenters. The summed E-state index contributed by atoms with van der Waals surface area (Å²) in [5, 5.41) is 22.2. The standard InChI is InChI=1S/C12H7N4/c1-16-6-5-11(15-16)12-9(7-13)3-2-4-10(12)8-14/h2-5H,1H3. The number of hydrogen-bond acceptors (Lipinski definition) is 3. The van der Waals surface area contributed by atoms with Gasteiger partial charge in [0.05, 0.1) is 35.2 Å². The van der Waals surface area contributed by atoms with E-state index in [4.69, 9.17) is 10.5 Å². The SMILES string of the molecule is Cn1[c]cc(-c2c(C#N)cccc2C#N)n1. The quantitative estimate of drug-likeness (QED) is 0.713. The van der Waals surface area contributed by atoms with Crippen molar-refractivity contribution in [1.29, 1.82) is 10.5 Å². The van der Waals surface area contributed by atoms with E-state index >= 15 is 0 Å². The van der Waals surface area contributed by atoms with Crippen LogP contribution in [-0.2, 0) is 7.05 Å². The number of aryl methyl sites for hydroxylation is 1. The molecule has 2 aromatic rings. The van der Waals surface area contributed by atoms with Gasteiger partial charge >= 0.3 is 0 Å². The maximum Gasteiger partial charge on any atom is 0.0999 e. The van der Waals surface area contributed by atoms with Crippen LogP contribution in [0.2, 0.25) is 0 Å². The second-order valence-electron chi connectivity index (χ2n) is 3.23. The Balaban J connectivity index is 2.73. The lowest BCUT2D eigenvalue weighted by Crippen LogP contribution is -1.93. The minimum atomic E-state index is 0.450. The number of nitriles is 2. The van der Waals surface area contributed by atoms with E-state index in [1.807, 2.05) is 0 Å². The van der Waals surface area contributed by atoms with E-state index in [2.05, 4.69) is 23.4 Å². The first-order valence-corrected chi connectivity index (χ1v) is 4.61. The molecule has 1 radical (unpaired) electrons. The fraction of sp³-hybridized carbons (Fsp3) is 0.0833. The average Bonchev–Trinajstić information content (AvgIpc) is 2.74. The molecule has 0 aliphatic rings. The lowest BCUT2D eigenvalue weighted by molar-refractivity contribution is 0.764. The molecule has 0 aliphatic carbocycles. The maximum atomic E-state index is 9.00. The molecule has 0 fully saturated rings. The Hall–Kier alpha value is -2.59. The first-order chi connectivity index (χ1) is 7.76. The van der Waals surface area contributed by atoms with Crippen LogP contribution in [0.4, 0.5) is 0 Å². The summed E-state index contributed by atoms with van der Waals surface area (Å²) in [6, 6.07) is 10.8. The largest absolute Gasteiger partial charge is 0.266 e. The molecular weight excluding hydrogens is 200 g/mol. The number of benzene rings is 1. The van der Waals surface area contributed by atoms with Gasteiger partial charge in [-0.1, -0.05) is 6.07 Å². The molecule has 0 bridgehead atoms. The normalized spacial score (nSPS) is 9.44. The molecule has 0 saturated carbocycles. The molecule has 0 amide bonds. The van der Waals surface area contributed by atoms with Crippen molar-refractivity contribution in [3.63, 3.8) is 0 Å². The van der Waals surface area contributed by atoms with Gasteiger partial charge in [-0.05, 0) is 18.2 Å². The van der Waals surface area contributed by atoms with Crippen molar-refractivity contribution in [2.45, 2.75) is 0 Å². The van der Waals surface area contributed by atoms with Crippen molar-refractivity contribution in [3.05, 3.63) is 41.6 Å². The van der Waals surface area contributed by atoms with E-state index in [0.717, 1.165) is 0 Å². The summed E-state index contributed by atoms with van der Waals surface area (Å²) in [6.07, 6.45) is 2.86. The van der Waals surface area contributed by atoms with Crippen LogP contribution in [0.15, 0.2) is 24.3 Å². The molecule has 4 nitrogen and oxygen atoms in total. The summed E-state index contributed by atoms with van der Waals surface area (Å²) in [5.74, 6) is 0. The molecule has 1 heterocycles. The van der Waals surface area contributed by atoms with Crippen LogP contribution >= 0.6 is 0 Å². The zero-order chi connectivity index (χ0) is 11.5. The minimum Gasteiger partial charge on any atom is -0.266 e. The zero-order valence-electron chi connectivity index (χ0n) is 8.60. The molecule has 0 saturated heterocycles. The molecule has 75 valence electrons. The van der Waals surface area contributed by atoms with Gasteiger partial charge in [-0.3, -0.25) is 4.68 Å². The number of rotatable bonds is 1. The fourth-order valence-corrected chi connectivity index (χ4v) is 1.51. The summed E-state index contributed by atoms with van der Waals surface area (Å²) in [5.41, 5.74) is 2.07. The summed E-state index contributed by atoms with van der Waals surface area (Å²) in [4.78, 5) is 0. The second-order valence-corrected chi connectivity index (χ2v) is 3.23. The summed E-state index contributed by atoms with van der Waals surface area (Å²) < 4.78 is 1.52. The molecule has 0 spiro atoms. The third-order valence-electron chi connectivity index (χ3n) is 2.21. The highest BCUT2D eigenvalue weighted by molar-refractivity contribution is 5.73. The van der Waals surface area contributed by atoms with Gasteiger partial charge in [0.2, 0.25) is 0 Å². The Labute approximate surface area is 93.0 Å². The van der Waals surface area contributed by atoms with Gasteiger partial charge in [0.1, 0.15) is 0 Å². The first kappa shape index (κ1) is 9.95. The number of nitrogens with zero attached hydrogens (tertiary/aromatic N) is 4. The van der Waals surface area contributed by atoms with E-state index < -0.39 is 0 Å². The smallest absolute Gasteiger partial charge is 0.0999 e. The predicted molar refractivity (Wildman–Crippen MR) is 56.9 cm³/mol. The van der Waals surface area contributed by atoms with E-state index in [9.17, 15) is 0 Å². The zero-order valence-corrected chi connectivity index (χ0v) is 8.60. The van der Waals surface area contributed by atoms with Crippen LogP contribution < -0.4 is 0 Å². The Morgan fingerprint density at radius 2 is 1.88 bits per heavy atom. The van der Waals surface area contributed by atoms with Crippen LogP contribution in [0.1, 0.15) is 11.1 Å². The molecule has 0 aliphatic heterocycles. The average molecular weight is 207 g/mol. The third kappa shape index (κ3) is 1.53. The number of aromatic nitrogens is 2. The molecule has 0 atom stereocenters. The van der Waals surface area contributed by atoms with Gasteiger partial charge in [0.25, 0.3) is 0 Å². The van der Waals surface area contributed by atoms with E-state index in [-0.39, 0.29) is 0 Å². The summed E-state index contributed by atoms with van der Waals surface area (Å²) in [6.45, 7) is 0. The van der Waals surface area contributed by atoms with Crippen LogP contribution in [0, 0.1) is 28.9 Å². The van der Waals surface area contributed by atoms with E-state index in [0.29, 0.717) is 22.4 Å². The molecular formula is C12H7N4. The van der Waals surface area contributed by atoms with Crippen LogP contribution in [-0.4, -0.2) is 9.78 Å². The predicted octanol–water partition coefficient (Wildman–Crippen LogP) is 1.63. The highest BCUT2D eigenvalue weighted by Gasteiger charge is 2.12. The Bertz CT molecular complexity index is 578. The van der Waals surface area contributed by atoms with Crippen LogP contribution in [0.3, 0.4) is 0 Å². The molecule has 0 N–H and O–H groups in total. The van der Waals surface area contributed by atoms with Crippen molar-refractivity contribution in [2.24, 2.45) is 7.05 Å². The fourth-order valence-electron chi connectivity index (χ4n) is 1.51. The lowest BCUT2D eigenvalue weighted by atomic mass is 10.00. The van der Waals surface area contributed by atoms with Crippen molar-refractivity contribution in [2.75, 3.05) is 0 Å². The van der Waals surface area contributed by atoms with Crippen molar-refractivity contribution >= 4 is 0 Å². The Kier molecular flexibility index (Phi) is 2.41. The maximum absolute atomic E-state index is 9.00. The first-order valence-electron chi connectivity index (χ1n) is 4.61. The molecule has 4 heteroatoms. The summed E-state index contributed by atoms with van der Waals surface area (Å²) in [7, 11) is 1.74. The van der Waals surface area contributed by atoms with Crippen LogP contribution in [0.25, 0.3) is 11.3 Å². The monoisotopic (exact) mass is 207 g/mol. The van der Waals surface area contributed by atoms with Crippen molar-refractivity contribution < 1.29 is 0 Å². The lowest BCUT2D eigenvalue weighted by Gasteiger charge is -2.02. The Morgan fingerprint density at radius 3 is 2.31 bits per heavy atom. The Morgan fingerprint density at radius 1 is 1.25 bits per heavy atom. The van der Waals surface area contributed by atoms with Crippen molar-refractivity contribution in [1.82, 2.24) is 9.78 Å². The van der Waals surface area contributed by atoms with Gasteiger partial charge in [0, 0.05) is 12.6 Å². The van der Waals surface area contributed by atoms with Gasteiger partial charge in [-0.15, -0.1) is 0 Å². The second kappa shape index (κ2) is 3.88. The third-order valence-corrected chi connectivity index (χ3v) is 2.21.